The quantitative estimate of drug-likeness (QED) is 0.534. The van der Waals surface area contributed by atoms with E-state index in [2.05, 4.69) is 77.2 Å². The van der Waals surface area contributed by atoms with Crippen molar-refractivity contribution in [1.29, 1.82) is 0 Å². The van der Waals surface area contributed by atoms with Gasteiger partial charge in [-0.05, 0) is 55.2 Å². The summed E-state index contributed by atoms with van der Waals surface area (Å²) in [6, 6.07) is 15.1. The summed E-state index contributed by atoms with van der Waals surface area (Å²) in [6.45, 7) is 9.39. The van der Waals surface area contributed by atoms with Crippen LogP contribution in [0, 0.1) is 11.8 Å². The van der Waals surface area contributed by atoms with Gasteiger partial charge in [0, 0.05) is 43.3 Å². The summed E-state index contributed by atoms with van der Waals surface area (Å²) in [6.07, 6.45) is 2.34. The smallest absolute Gasteiger partial charge is 0.191 e. The SMILES string of the molecule is CCNC(=NCC(C)Cc1cccs1)NCC1CCN(c2ccccc2)C1. The van der Waals surface area contributed by atoms with Gasteiger partial charge in [-0.25, -0.2) is 0 Å². The molecule has 146 valence electrons. The highest BCUT2D eigenvalue weighted by Gasteiger charge is 2.22. The lowest BCUT2D eigenvalue weighted by Crippen LogP contribution is -2.40. The summed E-state index contributed by atoms with van der Waals surface area (Å²) in [5.74, 6) is 2.17. The van der Waals surface area contributed by atoms with Gasteiger partial charge >= 0.3 is 0 Å². The summed E-state index contributed by atoms with van der Waals surface area (Å²) in [5, 5.41) is 9.11. The van der Waals surface area contributed by atoms with Crippen LogP contribution in [-0.4, -0.2) is 38.7 Å². The molecule has 5 heteroatoms. The molecule has 1 saturated heterocycles. The largest absolute Gasteiger partial charge is 0.371 e. The molecule has 2 heterocycles. The van der Waals surface area contributed by atoms with Gasteiger partial charge in [0.05, 0.1) is 0 Å². The number of anilines is 1. The van der Waals surface area contributed by atoms with Crippen molar-refractivity contribution in [1.82, 2.24) is 10.6 Å². The lowest BCUT2D eigenvalue weighted by Gasteiger charge is -2.19. The average Bonchev–Trinajstić information content (AvgIpc) is 3.37. The molecule has 0 saturated carbocycles. The fourth-order valence-electron chi connectivity index (χ4n) is 3.54. The van der Waals surface area contributed by atoms with Crippen LogP contribution in [0.15, 0.2) is 52.8 Å². The molecule has 0 amide bonds. The fraction of sp³-hybridized carbons (Fsp3) is 0.500. The maximum Gasteiger partial charge on any atom is 0.191 e. The minimum Gasteiger partial charge on any atom is -0.371 e. The van der Waals surface area contributed by atoms with Crippen molar-refractivity contribution in [2.24, 2.45) is 16.8 Å². The summed E-state index contributed by atoms with van der Waals surface area (Å²) < 4.78 is 0. The second kappa shape index (κ2) is 10.4. The molecule has 1 aromatic carbocycles. The number of hydrogen-bond acceptors (Lipinski definition) is 3. The summed E-state index contributed by atoms with van der Waals surface area (Å²) >= 11 is 1.84. The fourth-order valence-corrected chi connectivity index (χ4v) is 4.41. The van der Waals surface area contributed by atoms with Crippen molar-refractivity contribution in [3.63, 3.8) is 0 Å². The standard InChI is InChI=1S/C22H32N4S/c1-3-23-22(24-15-18(2)14-21-10-7-13-27-21)25-16-19-11-12-26(17-19)20-8-5-4-6-9-20/h4-10,13,18-19H,3,11-12,14-17H2,1-2H3,(H2,23,24,25). The Kier molecular flexibility index (Phi) is 7.57. The second-order valence-electron chi connectivity index (χ2n) is 7.43. The van der Waals surface area contributed by atoms with Crippen molar-refractivity contribution in [3.8, 4) is 0 Å². The zero-order valence-corrected chi connectivity index (χ0v) is 17.3. The van der Waals surface area contributed by atoms with Gasteiger partial charge in [-0.1, -0.05) is 31.2 Å². The Bertz CT molecular complexity index is 684. The van der Waals surface area contributed by atoms with Gasteiger partial charge in [0.1, 0.15) is 0 Å². The normalized spacial score (nSPS) is 18.5. The maximum atomic E-state index is 4.82. The molecule has 27 heavy (non-hydrogen) atoms. The van der Waals surface area contributed by atoms with E-state index >= 15 is 0 Å². The predicted octanol–water partition coefficient (Wildman–Crippen LogP) is 4.01. The van der Waals surface area contributed by atoms with Crippen LogP contribution < -0.4 is 15.5 Å². The van der Waals surface area contributed by atoms with E-state index in [9.17, 15) is 0 Å². The number of rotatable bonds is 8. The molecular weight excluding hydrogens is 352 g/mol. The van der Waals surface area contributed by atoms with Crippen LogP contribution in [0.25, 0.3) is 0 Å². The molecule has 2 aromatic rings. The van der Waals surface area contributed by atoms with E-state index in [0.717, 1.165) is 45.1 Å². The zero-order chi connectivity index (χ0) is 18.9. The van der Waals surface area contributed by atoms with Crippen molar-refractivity contribution in [3.05, 3.63) is 52.7 Å². The molecule has 0 bridgehead atoms. The van der Waals surface area contributed by atoms with Crippen LogP contribution in [-0.2, 0) is 6.42 Å². The Morgan fingerprint density at radius 1 is 1.22 bits per heavy atom. The van der Waals surface area contributed by atoms with E-state index in [1.54, 1.807) is 0 Å². The van der Waals surface area contributed by atoms with Gasteiger partial charge in [-0.2, -0.15) is 0 Å². The first-order valence-corrected chi connectivity index (χ1v) is 11.0. The Morgan fingerprint density at radius 3 is 2.81 bits per heavy atom. The van der Waals surface area contributed by atoms with Gasteiger partial charge in [-0.3, -0.25) is 4.99 Å². The highest BCUT2D eigenvalue weighted by molar-refractivity contribution is 7.09. The predicted molar refractivity (Wildman–Crippen MR) is 118 cm³/mol. The zero-order valence-electron chi connectivity index (χ0n) is 16.5. The van der Waals surface area contributed by atoms with Crippen LogP contribution in [0.5, 0.6) is 0 Å². The second-order valence-corrected chi connectivity index (χ2v) is 8.46. The lowest BCUT2D eigenvalue weighted by atomic mass is 10.1. The molecule has 4 nitrogen and oxygen atoms in total. The Labute approximate surface area is 167 Å². The molecule has 0 radical (unpaired) electrons. The summed E-state index contributed by atoms with van der Waals surface area (Å²) in [5.41, 5.74) is 1.34. The van der Waals surface area contributed by atoms with E-state index in [4.69, 9.17) is 4.99 Å². The highest BCUT2D eigenvalue weighted by atomic mass is 32.1. The third-order valence-electron chi connectivity index (χ3n) is 5.00. The van der Waals surface area contributed by atoms with Gasteiger partial charge in [0.2, 0.25) is 0 Å². The van der Waals surface area contributed by atoms with Crippen LogP contribution in [0.3, 0.4) is 0 Å². The number of benzene rings is 1. The van der Waals surface area contributed by atoms with Gasteiger partial charge in [0.15, 0.2) is 5.96 Å². The molecule has 0 aliphatic carbocycles. The summed E-state index contributed by atoms with van der Waals surface area (Å²) in [7, 11) is 0. The first-order chi connectivity index (χ1) is 13.2. The highest BCUT2D eigenvalue weighted by Crippen LogP contribution is 2.22. The van der Waals surface area contributed by atoms with Gasteiger partial charge < -0.3 is 15.5 Å². The summed E-state index contributed by atoms with van der Waals surface area (Å²) in [4.78, 5) is 8.75. The van der Waals surface area contributed by atoms with Crippen molar-refractivity contribution < 1.29 is 0 Å². The molecule has 3 rings (SSSR count). The van der Waals surface area contributed by atoms with E-state index < -0.39 is 0 Å². The first-order valence-electron chi connectivity index (χ1n) is 10.1. The molecular formula is C22H32N4S. The van der Waals surface area contributed by atoms with Crippen LogP contribution >= 0.6 is 11.3 Å². The first kappa shape index (κ1) is 19.7. The van der Waals surface area contributed by atoms with Gasteiger partial charge in [0.25, 0.3) is 0 Å². The third-order valence-corrected chi connectivity index (χ3v) is 5.90. The van der Waals surface area contributed by atoms with E-state index in [-0.39, 0.29) is 0 Å². The van der Waals surface area contributed by atoms with Crippen LogP contribution in [0.4, 0.5) is 5.69 Å². The van der Waals surface area contributed by atoms with E-state index in [0.29, 0.717) is 11.8 Å². The Morgan fingerprint density at radius 2 is 2.07 bits per heavy atom. The molecule has 2 unspecified atom stereocenters. The van der Waals surface area contributed by atoms with Crippen molar-refractivity contribution >= 4 is 23.0 Å². The minimum atomic E-state index is 0.555. The number of aliphatic imine (C=N–C) groups is 1. The number of nitrogens with one attached hydrogen (secondary N) is 2. The lowest BCUT2D eigenvalue weighted by molar-refractivity contribution is 0.559. The number of thiophene rings is 1. The molecule has 1 fully saturated rings. The molecule has 1 aliphatic rings. The van der Waals surface area contributed by atoms with E-state index in [1.807, 2.05) is 11.3 Å². The number of guanidine groups is 1. The Balaban J connectivity index is 1.45. The number of nitrogens with zero attached hydrogens (tertiary/aromatic N) is 2. The number of para-hydroxylation sites is 1. The number of hydrogen-bond donors (Lipinski definition) is 2. The molecule has 1 aliphatic heterocycles. The third kappa shape index (κ3) is 6.28. The van der Waals surface area contributed by atoms with Crippen molar-refractivity contribution in [2.45, 2.75) is 26.7 Å². The Hall–Kier alpha value is -2.01. The van der Waals surface area contributed by atoms with Crippen LogP contribution in [0.1, 0.15) is 25.1 Å². The average molecular weight is 385 g/mol. The molecule has 0 spiro atoms. The van der Waals surface area contributed by atoms with Gasteiger partial charge in [-0.15, -0.1) is 11.3 Å². The minimum absolute atomic E-state index is 0.555. The molecule has 2 atom stereocenters. The van der Waals surface area contributed by atoms with Crippen LogP contribution in [0.2, 0.25) is 0 Å². The van der Waals surface area contributed by atoms with E-state index in [1.165, 1.54) is 17.0 Å². The topological polar surface area (TPSA) is 39.7 Å². The molecule has 1 aromatic heterocycles. The van der Waals surface area contributed by atoms with Crippen molar-refractivity contribution in [2.75, 3.05) is 37.6 Å². The monoisotopic (exact) mass is 384 g/mol. The molecule has 2 N–H and O–H groups in total. The maximum absolute atomic E-state index is 4.82.